The second-order valence-electron chi connectivity index (χ2n) is 14.3. The minimum Gasteiger partial charge on any atom is -0.315 e. The van der Waals surface area contributed by atoms with Gasteiger partial charge in [-0.25, -0.2) is 0 Å². The first-order valence-electron chi connectivity index (χ1n) is 18.2. The lowest BCUT2D eigenvalue weighted by Gasteiger charge is -2.39. The van der Waals surface area contributed by atoms with Crippen LogP contribution in [0.2, 0.25) is 0 Å². The van der Waals surface area contributed by atoms with Gasteiger partial charge in [-0.05, 0) is 143 Å². The number of benzene rings is 5. The number of nitrogens with zero attached hydrogens (tertiary/aromatic N) is 2. The Morgan fingerprint density at radius 1 is 0.540 bits per heavy atom. The highest BCUT2D eigenvalue weighted by Gasteiger charge is 2.36. The lowest BCUT2D eigenvalue weighted by molar-refractivity contribution is 0.346. The molecule has 0 radical (unpaired) electrons. The number of allylic oxidation sites excluding steroid dienone is 5. The Balaban J connectivity index is 1.38. The third kappa shape index (κ3) is 7.41. The van der Waals surface area contributed by atoms with Crippen LogP contribution in [0.25, 0.3) is 0 Å². The Labute approximate surface area is 301 Å². The van der Waals surface area contributed by atoms with Gasteiger partial charge in [0.2, 0.25) is 0 Å². The molecule has 0 aromatic heterocycles. The van der Waals surface area contributed by atoms with Gasteiger partial charge in [0, 0.05) is 39.5 Å². The molecular formula is C48H52N2. The predicted molar refractivity (Wildman–Crippen MR) is 217 cm³/mol. The van der Waals surface area contributed by atoms with Crippen molar-refractivity contribution in [1.82, 2.24) is 0 Å². The number of aryl methyl sites for hydroxylation is 4. The zero-order chi connectivity index (χ0) is 35.3. The molecule has 0 unspecified atom stereocenters. The van der Waals surface area contributed by atoms with Crippen LogP contribution in [0.3, 0.4) is 0 Å². The number of rotatable bonds is 10. The van der Waals surface area contributed by atoms with Gasteiger partial charge in [0.25, 0.3) is 0 Å². The molecule has 1 aliphatic rings. The quantitative estimate of drug-likeness (QED) is 0.138. The first-order valence-corrected chi connectivity index (χ1v) is 18.2. The normalized spacial score (nSPS) is 14.7. The molecule has 2 heteroatoms. The van der Waals surface area contributed by atoms with Gasteiger partial charge >= 0.3 is 0 Å². The zero-order valence-corrected chi connectivity index (χ0v) is 30.8. The van der Waals surface area contributed by atoms with Crippen LogP contribution >= 0.6 is 0 Å². The van der Waals surface area contributed by atoms with Gasteiger partial charge in [-0.3, -0.25) is 0 Å². The topological polar surface area (TPSA) is 6.48 Å². The Morgan fingerprint density at radius 3 is 1.48 bits per heavy atom. The van der Waals surface area contributed by atoms with Crippen LogP contribution in [0.1, 0.15) is 79.3 Å². The molecule has 5 aromatic carbocycles. The standard InChI is InChI=1S/C48H52N2/c1-8-35(2)12-18-40(7)49(47-27-17-38(5)39(6)34-47)43-28-19-41(20-29-43)48(32-10-9-11-33-48)42-21-30-46(31-22-42)50(44-23-13-36(3)14-24-44)45-25-15-37(4)16-26-45/h8,12-31,34H,1,9-11,32-33H2,2-7H3/b35-12-,40-18+. The van der Waals surface area contributed by atoms with Gasteiger partial charge < -0.3 is 9.80 Å². The lowest BCUT2D eigenvalue weighted by atomic mass is 9.65. The highest BCUT2D eigenvalue weighted by Crippen LogP contribution is 2.47. The Bertz CT molecular complexity index is 1920. The largest absolute Gasteiger partial charge is 0.315 e. The van der Waals surface area contributed by atoms with E-state index < -0.39 is 0 Å². The van der Waals surface area contributed by atoms with E-state index in [4.69, 9.17) is 0 Å². The van der Waals surface area contributed by atoms with E-state index in [9.17, 15) is 0 Å². The molecule has 0 saturated heterocycles. The van der Waals surface area contributed by atoms with Gasteiger partial charge in [-0.15, -0.1) is 0 Å². The van der Waals surface area contributed by atoms with E-state index in [0.29, 0.717) is 0 Å². The first kappa shape index (κ1) is 34.8. The van der Waals surface area contributed by atoms with Crippen LogP contribution in [0.4, 0.5) is 28.4 Å². The summed E-state index contributed by atoms with van der Waals surface area (Å²) >= 11 is 0. The fourth-order valence-corrected chi connectivity index (χ4v) is 7.41. The average molecular weight is 657 g/mol. The third-order valence-corrected chi connectivity index (χ3v) is 10.7. The molecular weight excluding hydrogens is 605 g/mol. The molecule has 1 saturated carbocycles. The molecule has 0 N–H and O–H groups in total. The predicted octanol–water partition coefficient (Wildman–Crippen LogP) is 13.8. The molecule has 254 valence electrons. The van der Waals surface area contributed by atoms with Crippen LogP contribution in [0.15, 0.2) is 151 Å². The number of anilines is 5. The van der Waals surface area contributed by atoms with E-state index >= 15 is 0 Å². The van der Waals surface area contributed by atoms with E-state index in [0.717, 1.165) is 24.1 Å². The Hall–Kier alpha value is -5.08. The summed E-state index contributed by atoms with van der Waals surface area (Å²) < 4.78 is 0. The minimum atomic E-state index is -0.00612. The molecule has 0 aliphatic heterocycles. The van der Waals surface area contributed by atoms with Crippen LogP contribution < -0.4 is 9.80 Å². The molecule has 0 amide bonds. The molecule has 1 aliphatic carbocycles. The van der Waals surface area contributed by atoms with E-state index in [-0.39, 0.29) is 5.41 Å². The van der Waals surface area contributed by atoms with Gasteiger partial charge in [0.1, 0.15) is 0 Å². The van der Waals surface area contributed by atoms with E-state index in [1.54, 1.807) is 0 Å². The van der Waals surface area contributed by atoms with Crippen LogP contribution in [0.5, 0.6) is 0 Å². The summed E-state index contributed by atoms with van der Waals surface area (Å²) in [7, 11) is 0. The Kier molecular flexibility index (Phi) is 10.6. The highest BCUT2D eigenvalue weighted by molar-refractivity contribution is 5.77. The maximum Gasteiger partial charge on any atom is 0.0461 e. The van der Waals surface area contributed by atoms with Gasteiger partial charge in [0.15, 0.2) is 0 Å². The SMILES string of the molecule is C=C/C(C)=C\C=C(/C)N(c1ccc(C2(c3ccc(N(c4ccc(C)cc4)c4ccc(C)cc4)cc3)CCCCC2)cc1)c1ccc(C)c(C)c1. The second kappa shape index (κ2) is 15.2. The summed E-state index contributed by atoms with van der Waals surface area (Å²) in [6.45, 7) is 16.9. The summed E-state index contributed by atoms with van der Waals surface area (Å²) in [6.07, 6.45) is 12.4. The molecule has 2 nitrogen and oxygen atoms in total. The molecule has 50 heavy (non-hydrogen) atoms. The maximum atomic E-state index is 3.94. The first-order chi connectivity index (χ1) is 24.2. The molecule has 0 bridgehead atoms. The van der Waals surface area contributed by atoms with Crippen molar-refractivity contribution < 1.29 is 0 Å². The van der Waals surface area contributed by atoms with E-state index in [1.165, 1.54) is 81.1 Å². The maximum absolute atomic E-state index is 3.94. The summed E-state index contributed by atoms with van der Waals surface area (Å²) in [5.41, 5.74) is 16.1. The fraction of sp³-hybridized carbons (Fsp3) is 0.250. The van der Waals surface area contributed by atoms with Crippen LogP contribution in [-0.4, -0.2) is 0 Å². The smallest absolute Gasteiger partial charge is 0.0461 e. The van der Waals surface area contributed by atoms with E-state index in [1.807, 2.05) is 6.08 Å². The van der Waals surface area contributed by atoms with Crippen molar-refractivity contribution in [3.63, 3.8) is 0 Å². The zero-order valence-electron chi connectivity index (χ0n) is 30.8. The summed E-state index contributed by atoms with van der Waals surface area (Å²) in [5.74, 6) is 0. The average Bonchev–Trinajstić information content (AvgIpc) is 3.14. The number of hydrogen-bond acceptors (Lipinski definition) is 2. The Morgan fingerprint density at radius 2 is 1.00 bits per heavy atom. The summed E-state index contributed by atoms with van der Waals surface area (Å²) in [4.78, 5) is 4.74. The van der Waals surface area contributed by atoms with Crippen LogP contribution in [-0.2, 0) is 5.41 Å². The molecule has 0 heterocycles. The van der Waals surface area contributed by atoms with Gasteiger partial charge in [-0.2, -0.15) is 0 Å². The van der Waals surface area contributed by atoms with Gasteiger partial charge in [-0.1, -0.05) is 109 Å². The minimum absolute atomic E-state index is 0.00612. The lowest BCUT2D eigenvalue weighted by Crippen LogP contribution is -2.30. The molecule has 1 fully saturated rings. The summed E-state index contributed by atoms with van der Waals surface area (Å²) in [6, 6.07) is 43.3. The monoisotopic (exact) mass is 656 g/mol. The third-order valence-electron chi connectivity index (χ3n) is 10.7. The molecule has 5 aromatic rings. The van der Waals surface area contributed by atoms with Crippen molar-refractivity contribution in [2.45, 2.75) is 79.1 Å². The van der Waals surface area contributed by atoms with Crippen molar-refractivity contribution in [1.29, 1.82) is 0 Å². The highest BCUT2D eigenvalue weighted by atomic mass is 15.1. The number of hydrogen-bond donors (Lipinski definition) is 0. The molecule has 0 atom stereocenters. The van der Waals surface area contributed by atoms with Crippen molar-refractivity contribution in [2.75, 3.05) is 9.80 Å². The van der Waals surface area contributed by atoms with Crippen molar-refractivity contribution in [2.24, 2.45) is 0 Å². The van der Waals surface area contributed by atoms with Crippen molar-refractivity contribution in [3.05, 3.63) is 185 Å². The fourth-order valence-electron chi connectivity index (χ4n) is 7.41. The molecule has 0 spiro atoms. The second-order valence-corrected chi connectivity index (χ2v) is 14.3. The van der Waals surface area contributed by atoms with Crippen molar-refractivity contribution >= 4 is 28.4 Å². The van der Waals surface area contributed by atoms with Gasteiger partial charge in [0.05, 0.1) is 0 Å². The van der Waals surface area contributed by atoms with E-state index in [2.05, 4.69) is 185 Å². The summed E-state index contributed by atoms with van der Waals surface area (Å²) in [5, 5.41) is 0. The van der Waals surface area contributed by atoms with Crippen molar-refractivity contribution in [3.8, 4) is 0 Å². The molecule has 6 rings (SSSR count). The van der Waals surface area contributed by atoms with Crippen LogP contribution in [0, 0.1) is 27.7 Å².